The number of rotatable bonds is 6. The van der Waals surface area contributed by atoms with E-state index in [-0.39, 0.29) is 49.9 Å². The number of nitrogens with one attached hydrogen (secondary N) is 1. The van der Waals surface area contributed by atoms with Gasteiger partial charge in [0, 0.05) is 54.9 Å². The van der Waals surface area contributed by atoms with Crippen molar-refractivity contribution in [3.63, 3.8) is 0 Å². The smallest absolute Gasteiger partial charge is 0.231 e. The molecule has 0 aliphatic carbocycles. The summed E-state index contributed by atoms with van der Waals surface area (Å²) in [6, 6.07) is 3.25. The molecular formula is C30H36N4O7. The summed E-state index contributed by atoms with van der Waals surface area (Å²) in [4.78, 5) is 16.7. The first-order chi connectivity index (χ1) is 19.7. The van der Waals surface area contributed by atoms with E-state index in [1.807, 2.05) is 13.8 Å². The van der Waals surface area contributed by atoms with E-state index in [0.29, 0.717) is 41.4 Å². The molecular weight excluding hydrogens is 528 g/mol. The standard InChI is InChI=1S/C30H36N4O7/c1-14-7-17-8-19-21(10-31)34-20(25(33(19)4)23(17)29(27(14)38-6)39-12-37-5)9-18-24(22(34)11-32-16(3)35)30-28(40-13-41-30)15(2)26(18)36/h7,19-22,25,36H,8-9,11-13H2,1-6H3,(H,32,35)/t19-,20+,21+,22+,25+/m1/s1. The molecule has 2 aromatic carbocycles. The molecule has 0 aromatic heterocycles. The van der Waals surface area contributed by atoms with E-state index in [1.54, 1.807) is 14.2 Å². The number of aromatic hydroxyl groups is 1. The molecule has 5 atom stereocenters. The summed E-state index contributed by atoms with van der Waals surface area (Å²) in [5.74, 6) is 2.34. The Bertz CT molecular complexity index is 1450. The molecule has 1 saturated heterocycles. The lowest BCUT2D eigenvalue weighted by atomic mass is 9.71. The van der Waals surface area contributed by atoms with Crippen molar-refractivity contribution >= 4 is 5.91 Å². The minimum atomic E-state index is -0.492. The van der Waals surface area contributed by atoms with Crippen molar-refractivity contribution in [1.82, 2.24) is 15.1 Å². The number of amides is 1. The third-order valence-electron chi connectivity index (χ3n) is 9.14. The van der Waals surface area contributed by atoms with Gasteiger partial charge in [0.2, 0.25) is 12.7 Å². The lowest BCUT2D eigenvalue weighted by molar-refractivity contribution is -0.120. The van der Waals surface area contributed by atoms with Crippen LogP contribution in [-0.2, 0) is 22.4 Å². The Hall–Kier alpha value is -3.72. The van der Waals surface area contributed by atoms with Gasteiger partial charge in [0.25, 0.3) is 0 Å². The molecule has 1 amide bonds. The summed E-state index contributed by atoms with van der Waals surface area (Å²) >= 11 is 0. The first-order valence-corrected chi connectivity index (χ1v) is 13.8. The number of piperazine rings is 1. The predicted octanol–water partition coefficient (Wildman–Crippen LogP) is 2.64. The molecule has 1 fully saturated rings. The molecule has 0 unspecified atom stereocenters. The van der Waals surface area contributed by atoms with Gasteiger partial charge in [-0.25, -0.2) is 0 Å². The zero-order valence-electron chi connectivity index (χ0n) is 24.2. The zero-order valence-corrected chi connectivity index (χ0v) is 24.2. The Kier molecular flexibility index (Phi) is 6.88. The Morgan fingerprint density at radius 3 is 2.61 bits per heavy atom. The number of fused-ring (bicyclic) bond motifs is 9. The number of hydrogen-bond acceptors (Lipinski definition) is 10. The molecule has 41 heavy (non-hydrogen) atoms. The number of aryl methyl sites for hydroxylation is 1. The van der Waals surface area contributed by atoms with E-state index in [9.17, 15) is 15.2 Å². The molecule has 4 heterocycles. The third kappa shape index (κ3) is 4.00. The van der Waals surface area contributed by atoms with Crippen LogP contribution in [0.15, 0.2) is 6.07 Å². The largest absolute Gasteiger partial charge is 0.507 e. The number of likely N-dealkylation sites (N-methyl/N-ethyl adjacent to an activating group) is 1. The molecule has 0 radical (unpaired) electrons. The summed E-state index contributed by atoms with van der Waals surface area (Å²) in [6.45, 7) is 5.63. The van der Waals surface area contributed by atoms with Gasteiger partial charge in [-0.05, 0) is 44.9 Å². The first kappa shape index (κ1) is 27.4. The van der Waals surface area contributed by atoms with Crippen LogP contribution in [0.2, 0.25) is 0 Å². The van der Waals surface area contributed by atoms with Crippen molar-refractivity contribution in [2.75, 3.05) is 41.4 Å². The van der Waals surface area contributed by atoms with E-state index in [2.05, 4.69) is 34.3 Å². The van der Waals surface area contributed by atoms with Crippen LogP contribution >= 0.6 is 0 Å². The fourth-order valence-corrected chi connectivity index (χ4v) is 7.52. The second-order valence-corrected chi connectivity index (χ2v) is 11.2. The molecule has 2 aromatic rings. The molecule has 2 N–H and O–H groups in total. The van der Waals surface area contributed by atoms with Gasteiger partial charge in [-0.15, -0.1) is 0 Å². The Morgan fingerprint density at radius 2 is 1.93 bits per heavy atom. The summed E-state index contributed by atoms with van der Waals surface area (Å²) in [5, 5.41) is 25.2. The van der Waals surface area contributed by atoms with Gasteiger partial charge in [-0.2, -0.15) is 5.26 Å². The highest BCUT2D eigenvalue weighted by Gasteiger charge is 2.56. The lowest BCUT2D eigenvalue weighted by Gasteiger charge is -2.60. The maximum atomic E-state index is 12.2. The van der Waals surface area contributed by atoms with Crippen LogP contribution < -0.4 is 24.3 Å². The number of nitriles is 1. The predicted molar refractivity (Wildman–Crippen MR) is 147 cm³/mol. The van der Waals surface area contributed by atoms with Gasteiger partial charge >= 0.3 is 0 Å². The molecule has 0 spiro atoms. The quantitative estimate of drug-likeness (QED) is 0.506. The van der Waals surface area contributed by atoms with Gasteiger partial charge in [0.1, 0.15) is 11.8 Å². The van der Waals surface area contributed by atoms with Crippen molar-refractivity contribution in [3.05, 3.63) is 39.4 Å². The second-order valence-electron chi connectivity index (χ2n) is 11.2. The van der Waals surface area contributed by atoms with Gasteiger partial charge in [0.05, 0.1) is 25.3 Å². The lowest BCUT2D eigenvalue weighted by Crippen LogP contribution is -2.68. The molecule has 2 bridgehead atoms. The van der Waals surface area contributed by atoms with Gasteiger partial charge in [0.15, 0.2) is 29.8 Å². The maximum Gasteiger partial charge on any atom is 0.231 e. The molecule has 4 aliphatic rings. The van der Waals surface area contributed by atoms with Gasteiger partial charge < -0.3 is 34.1 Å². The normalized spacial score (nSPS) is 25.9. The van der Waals surface area contributed by atoms with Crippen LogP contribution in [-0.4, -0.2) is 80.3 Å². The highest BCUT2D eigenvalue weighted by Crippen LogP contribution is 2.58. The van der Waals surface area contributed by atoms with Crippen LogP contribution in [0.25, 0.3) is 0 Å². The van der Waals surface area contributed by atoms with Crippen LogP contribution in [0.3, 0.4) is 0 Å². The van der Waals surface area contributed by atoms with Crippen molar-refractivity contribution in [2.45, 2.75) is 63.8 Å². The summed E-state index contributed by atoms with van der Waals surface area (Å²) < 4.78 is 29.1. The minimum Gasteiger partial charge on any atom is -0.507 e. The van der Waals surface area contributed by atoms with Crippen molar-refractivity contribution in [3.8, 4) is 34.8 Å². The molecule has 6 rings (SSSR count). The number of hydrogen-bond donors (Lipinski definition) is 2. The van der Waals surface area contributed by atoms with E-state index >= 15 is 0 Å². The summed E-state index contributed by atoms with van der Waals surface area (Å²) in [5.41, 5.74) is 5.19. The molecule has 11 nitrogen and oxygen atoms in total. The Labute approximate surface area is 239 Å². The fourth-order valence-electron chi connectivity index (χ4n) is 7.52. The van der Waals surface area contributed by atoms with Crippen LogP contribution in [0, 0.1) is 25.2 Å². The number of phenols is 1. The summed E-state index contributed by atoms with van der Waals surface area (Å²) in [7, 11) is 5.26. The maximum absolute atomic E-state index is 12.2. The SMILES string of the molecule is COCOc1c(OC)c(C)cc2c1[C@@H]1[C@@H]3Cc4c(O)c(C)c5c(c4[C@H](CNC(C)=O)N3[C@@H](C#N)[C@@H](C2)N1C)OCO5. The monoisotopic (exact) mass is 564 g/mol. The number of ether oxygens (including phenoxy) is 5. The third-order valence-corrected chi connectivity index (χ3v) is 9.14. The molecule has 4 aliphatic heterocycles. The van der Waals surface area contributed by atoms with Crippen molar-refractivity contribution < 1.29 is 33.6 Å². The Morgan fingerprint density at radius 1 is 1.17 bits per heavy atom. The summed E-state index contributed by atoms with van der Waals surface area (Å²) in [6.07, 6.45) is 1.09. The molecule has 11 heteroatoms. The fraction of sp³-hybridized carbons (Fsp3) is 0.533. The first-order valence-electron chi connectivity index (χ1n) is 13.8. The average molecular weight is 565 g/mol. The number of nitrogens with zero attached hydrogens (tertiary/aromatic N) is 3. The molecule has 218 valence electrons. The van der Waals surface area contributed by atoms with Gasteiger partial charge in [-0.3, -0.25) is 14.6 Å². The number of carbonyl (C=O) groups is 1. The minimum absolute atomic E-state index is 0.0464. The number of phenolic OH excluding ortho intramolecular Hbond substituents is 1. The van der Waals surface area contributed by atoms with E-state index < -0.39 is 12.1 Å². The van der Waals surface area contributed by atoms with E-state index in [1.165, 1.54) is 6.92 Å². The highest BCUT2D eigenvalue weighted by molar-refractivity contribution is 5.73. The van der Waals surface area contributed by atoms with Crippen molar-refractivity contribution in [2.24, 2.45) is 0 Å². The van der Waals surface area contributed by atoms with Crippen LogP contribution in [0.5, 0.6) is 28.7 Å². The number of carbonyl (C=O) groups excluding carboxylic acids is 1. The average Bonchev–Trinajstić information content (AvgIpc) is 3.43. The van der Waals surface area contributed by atoms with Crippen molar-refractivity contribution in [1.29, 1.82) is 5.26 Å². The second kappa shape index (κ2) is 10.3. The number of benzene rings is 2. The van der Waals surface area contributed by atoms with E-state index in [4.69, 9.17) is 23.7 Å². The van der Waals surface area contributed by atoms with E-state index in [0.717, 1.165) is 27.8 Å². The van der Waals surface area contributed by atoms with Gasteiger partial charge in [-0.1, -0.05) is 6.07 Å². The Balaban J connectivity index is 1.60. The number of methoxy groups -OCH3 is 2. The molecule has 0 saturated carbocycles. The topological polar surface area (TPSA) is 126 Å². The zero-order chi connectivity index (χ0) is 29.2. The highest BCUT2D eigenvalue weighted by atomic mass is 16.7. The van der Waals surface area contributed by atoms with Crippen LogP contribution in [0.1, 0.15) is 52.4 Å². The van der Waals surface area contributed by atoms with Crippen LogP contribution in [0.4, 0.5) is 0 Å².